The molecule has 86 valence electrons. The smallest absolute Gasteiger partial charge is 0.191 e. The average molecular weight is 211 g/mol. The summed E-state index contributed by atoms with van der Waals surface area (Å²) in [6, 6.07) is -0.130. The van der Waals surface area contributed by atoms with Gasteiger partial charge in [-0.3, -0.25) is 9.79 Å². The number of carbonyl (C=O) groups is 1. The molecule has 0 aliphatic carbocycles. The molecule has 1 atom stereocenters. The first-order valence-electron chi connectivity index (χ1n) is 5.61. The van der Waals surface area contributed by atoms with Crippen molar-refractivity contribution >= 4 is 11.7 Å². The number of carbonyl (C=O) groups excluding carboxylic acids is 1. The van der Waals surface area contributed by atoms with Gasteiger partial charge < -0.3 is 10.6 Å². The Balaban J connectivity index is 2.61. The van der Waals surface area contributed by atoms with Gasteiger partial charge in [0.25, 0.3) is 0 Å². The van der Waals surface area contributed by atoms with Gasteiger partial charge in [-0.2, -0.15) is 0 Å². The summed E-state index contributed by atoms with van der Waals surface area (Å²) in [6.07, 6.45) is 0. The number of guanidine groups is 1. The summed E-state index contributed by atoms with van der Waals surface area (Å²) in [4.78, 5) is 16.2. The van der Waals surface area contributed by atoms with Gasteiger partial charge in [0, 0.05) is 12.5 Å². The highest BCUT2D eigenvalue weighted by molar-refractivity contribution is 5.91. The third-order valence-electron chi connectivity index (χ3n) is 2.51. The largest absolute Gasteiger partial charge is 0.355 e. The predicted molar refractivity (Wildman–Crippen MR) is 61.9 cm³/mol. The van der Waals surface area contributed by atoms with Crippen LogP contribution < -0.4 is 10.6 Å². The van der Waals surface area contributed by atoms with Crippen molar-refractivity contribution in [3.63, 3.8) is 0 Å². The molecular weight excluding hydrogens is 190 g/mol. The molecule has 4 heteroatoms. The fourth-order valence-electron chi connectivity index (χ4n) is 1.57. The number of rotatable bonds is 4. The van der Waals surface area contributed by atoms with Crippen LogP contribution in [-0.2, 0) is 4.79 Å². The number of Topliss-reactive ketones (excluding diaryl/α,β-unsaturated/α-hetero) is 1. The van der Waals surface area contributed by atoms with E-state index in [9.17, 15) is 4.79 Å². The van der Waals surface area contributed by atoms with Crippen molar-refractivity contribution < 1.29 is 4.79 Å². The van der Waals surface area contributed by atoms with E-state index >= 15 is 0 Å². The van der Waals surface area contributed by atoms with E-state index in [1.54, 1.807) is 0 Å². The highest BCUT2D eigenvalue weighted by atomic mass is 16.1. The van der Waals surface area contributed by atoms with E-state index in [1.165, 1.54) is 0 Å². The normalized spacial score (nSPS) is 17.6. The molecule has 0 amide bonds. The lowest BCUT2D eigenvalue weighted by atomic mass is 9.93. The van der Waals surface area contributed by atoms with Gasteiger partial charge in [-0.25, -0.2) is 0 Å². The third-order valence-corrected chi connectivity index (χ3v) is 2.51. The second-order valence-electron chi connectivity index (χ2n) is 4.58. The van der Waals surface area contributed by atoms with Gasteiger partial charge in [0.15, 0.2) is 11.7 Å². The van der Waals surface area contributed by atoms with Gasteiger partial charge in [0.05, 0.1) is 12.6 Å². The Morgan fingerprint density at radius 2 is 2.07 bits per heavy atom. The average Bonchev–Trinajstić information content (AvgIpc) is 2.64. The molecule has 2 N–H and O–H groups in total. The first-order valence-corrected chi connectivity index (χ1v) is 5.61. The fraction of sp³-hybridized carbons (Fsp3) is 0.818. The third kappa shape index (κ3) is 3.22. The maximum absolute atomic E-state index is 11.9. The van der Waals surface area contributed by atoms with Gasteiger partial charge in [-0.15, -0.1) is 0 Å². The highest BCUT2D eigenvalue weighted by Crippen LogP contribution is 2.09. The van der Waals surface area contributed by atoms with Crippen LogP contribution in [0.5, 0.6) is 0 Å². The predicted octanol–water partition coefficient (Wildman–Crippen LogP) is 0.785. The second-order valence-corrected chi connectivity index (χ2v) is 4.58. The summed E-state index contributed by atoms with van der Waals surface area (Å²) in [6.45, 7) is 9.62. The van der Waals surface area contributed by atoms with Crippen molar-refractivity contribution in [3.05, 3.63) is 0 Å². The number of aliphatic imine (C=N–C) groups is 1. The van der Waals surface area contributed by atoms with E-state index in [-0.39, 0.29) is 23.7 Å². The van der Waals surface area contributed by atoms with Crippen LogP contribution in [0.1, 0.15) is 27.7 Å². The number of hydrogen-bond acceptors (Lipinski definition) is 4. The Morgan fingerprint density at radius 1 is 1.40 bits per heavy atom. The van der Waals surface area contributed by atoms with E-state index in [0.717, 1.165) is 19.0 Å². The zero-order chi connectivity index (χ0) is 11.4. The van der Waals surface area contributed by atoms with Gasteiger partial charge in [-0.05, 0) is 5.92 Å². The quantitative estimate of drug-likeness (QED) is 0.722. The molecule has 0 aromatic heterocycles. The molecular formula is C11H21N3O. The summed E-state index contributed by atoms with van der Waals surface area (Å²) < 4.78 is 0. The molecule has 0 unspecified atom stereocenters. The molecule has 0 saturated carbocycles. The Hall–Kier alpha value is -1.06. The topological polar surface area (TPSA) is 53.5 Å². The van der Waals surface area contributed by atoms with E-state index in [0.29, 0.717) is 0 Å². The Labute approximate surface area is 91.5 Å². The van der Waals surface area contributed by atoms with E-state index < -0.39 is 0 Å². The first-order chi connectivity index (χ1) is 7.02. The fourth-order valence-corrected chi connectivity index (χ4v) is 1.57. The molecule has 0 bridgehead atoms. The lowest BCUT2D eigenvalue weighted by Crippen LogP contribution is -2.49. The molecule has 0 spiro atoms. The van der Waals surface area contributed by atoms with Crippen molar-refractivity contribution in [3.8, 4) is 0 Å². The zero-order valence-corrected chi connectivity index (χ0v) is 10.0. The van der Waals surface area contributed by atoms with E-state index in [1.807, 2.05) is 27.7 Å². The van der Waals surface area contributed by atoms with Crippen molar-refractivity contribution in [2.45, 2.75) is 33.7 Å². The molecule has 4 nitrogen and oxygen atoms in total. The molecule has 1 rings (SSSR count). The van der Waals surface area contributed by atoms with Crippen molar-refractivity contribution in [1.82, 2.24) is 10.6 Å². The van der Waals surface area contributed by atoms with Crippen LogP contribution in [0.15, 0.2) is 4.99 Å². The van der Waals surface area contributed by atoms with Crippen molar-refractivity contribution in [2.24, 2.45) is 16.8 Å². The number of ketones is 1. The summed E-state index contributed by atoms with van der Waals surface area (Å²) in [7, 11) is 0. The highest BCUT2D eigenvalue weighted by Gasteiger charge is 2.25. The maximum Gasteiger partial charge on any atom is 0.191 e. The second kappa shape index (κ2) is 5.14. The first kappa shape index (κ1) is 12.0. The van der Waals surface area contributed by atoms with Crippen LogP contribution in [0.4, 0.5) is 0 Å². The molecule has 0 fully saturated rings. The van der Waals surface area contributed by atoms with E-state index in [2.05, 4.69) is 15.6 Å². The summed E-state index contributed by atoms with van der Waals surface area (Å²) >= 11 is 0. The number of nitrogens with one attached hydrogen (secondary N) is 2. The van der Waals surface area contributed by atoms with Crippen LogP contribution in [0.3, 0.4) is 0 Å². The Bertz CT molecular complexity index is 259. The van der Waals surface area contributed by atoms with Crippen LogP contribution in [0.25, 0.3) is 0 Å². The Morgan fingerprint density at radius 3 is 2.47 bits per heavy atom. The van der Waals surface area contributed by atoms with Crippen LogP contribution in [0, 0.1) is 11.8 Å². The van der Waals surface area contributed by atoms with Crippen LogP contribution >= 0.6 is 0 Å². The van der Waals surface area contributed by atoms with Crippen molar-refractivity contribution in [2.75, 3.05) is 13.1 Å². The van der Waals surface area contributed by atoms with Gasteiger partial charge >= 0.3 is 0 Å². The molecule has 1 heterocycles. The molecule has 1 aliphatic heterocycles. The minimum atomic E-state index is -0.130. The molecule has 0 aromatic rings. The summed E-state index contributed by atoms with van der Waals surface area (Å²) in [5.74, 6) is 1.36. The van der Waals surface area contributed by atoms with Gasteiger partial charge in [0.1, 0.15) is 0 Å². The monoisotopic (exact) mass is 211 g/mol. The Kier molecular flexibility index (Phi) is 4.12. The van der Waals surface area contributed by atoms with Crippen LogP contribution in [-0.4, -0.2) is 30.9 Å². The summed E-state index contributed by atoms with van der Waals surface area (Å²) in [5, 5.41) is 6.31. The lowest BCUT2D eigenvalue weighted by molar-refractivity contribution is -0.124. The molecule has 1 aliphatic rings. The molecule has 0 aromatic carbocycles. The molecule has 0 radical (unpaired) electrons. The maximum atomic E-state index is 11.9. The van der Waals surface area contributed by atoms with Crippen molar-refractivity contribution in [1.29, 1.82) is 0 Å². The minimum absolute atomic E-state index is 0.0619. The minimum Gasteiger partial charge on any atom is -0.355 e. The van der Waals surface area contributed by atoms with E-state index in [4.69, 9.17) is 0 Å². The SMILES string of the molecule is CC(C)C(=O)[C@@H](NC1=NCCN1)C(C)C. The lowest BCUT2D eigenvalue weighted by Gasteiger charge is -2.23. The molecule has 15 heavy (non-hydrogen) atoms. The summed E-state index contributed by atoms with van der Waals surface area (Å²) in [5.41, 5.74) is 0. The zero-order valence-electron chi connectivity index (χ0n) is 10.0. The van der Waals surface area contributed by atoms with Gasteiger partial charge in [0.2, 0.25) is 0 Å². The van der Waals surface area contributed by atoms with Crippen LogP contribution in [0.2, 0.25) is 0 Å². The standard InChI is InChI=1S/C11H21N3O/c1-7(2)9(10(15)8(3)4)14-11-12-5-6-13-11/h7-9H,5-6H2,1-4H3,(H2,12,13,14)/t9-/m0/s1. The number of nitrogens with zero attached hydrogens (tertiary/aromatic N) is 1. The number of hydrogen-bond donors (Lipinski definition) is 2. The van der Waals surface area contributed by atoms with Gasteiger partial charge in [-0.1, -0.05) is 27.7 Å². The molecule has 0 saturated heterocycles.